The summed E-state index contributed by atoms with van der Waals surface area (Å²) in [6.07, 6.45) is 0. The first-order chi connectivity index (χ1) is 9.88. The molecule has 3 N–H and O–H groups in total. The Hall–Kier alpha value is -2.02. The van der Waals surface area contributed by atoms with Crippen molar-refractivity contribution in [2.75, 3.05) is 5.32 Å². The predicted molar refractivity (Wildman–Crippen MR) is 76.3 cm³/mol. The first kappa shape index (κ1) is 15.4. The molecule has 2 aromatic carbocycles. The molecule has 0 saturated carbocycles. The molecule has 3 nitrogen and oxygen atoms in total. The van der Waals surface area contributed by atoms with Crippen molar-refractivity contribution in [3.8, 4) is 0 Å². The molecule has 2 rings (SSSR count). The van der Waals surface area contributed by atoms with Crippen LogP contribution in [0.3, 0.4) is 0 Å². The zero-order valence-corrected chi connectivity index (χ0v) is 12.2. The number of anilines is 1. The summed E-state index contributed by atoms with van der Waals surface area (Å²) in [6.45, 7) is -0.0357. The first-order valence-electron chi connectivity index (χ1n) is 5.85. The molecule has 7 heteroatoms. The van der Waals surface area contributed by atoms with Crippen molar-refractivity contribution in [2.45, 2.75) is 6.54 Å². The zero-order valence-electron chi connectivity index (χ0n) is 10.6. The van der Waals surface area contributed by atoms with Gasteiger partial charge in [0.15, 0.2) is 0 Å². The van der Waals surface area contributed by atoms with Crippen molar-refractivity contribution >= 4 is 27.5 Å². The highest BCUT2D eigenvalue weighted by Crippen LogP contribution is 2.21. The molecule has 2 aromatic rings. The molecule has 1 amide bonds. The van der Waals surface area contributed by atoms with Crippen LogP contribution in [-0.2, 0) is 6.54 Å². The van der Waals surface area contributed by atoms with E-state index in [1.165, 1.54) is 18.2 Å². The maximum Gasteiger partial charge on any atom is 0.251 e. The molecule has 110 valence electrons. The maximum atomic E-state index is 13.6. The van der Waals surface area contributed by atoms with Gasteiger partial charge in [0.1, 0.15) is 17.5 Å². The van der Waals surface area contributed by atoms with E-state index in [0.717, 1.165) is 6.07 Å². The Morgan fingerprint density at radius 1 is 1.10 bits per heavy atom. The van der Waals surface area contributed by atoms with Gasteiger partial charge in [0.2, 0.25) is 0 Å². The van der Waals surface area contributed by atoms with E-state index in [1.54, 1.807) is 0 Å². The second kappa shape index (κ2) is 6.17. The van der Waals surface area contributed by atoms with E-state index in [4.69, 9.17) is 5.73 Å². The molecule has 0 heterocycles. The summed E-state index contributed by atoms with van der Waals surface area (Å²) in [4.78, 5) is 11.0. The summed E-state index contributed by atoms with van der Waals surface area (Å²) in [5, 5.41) is 2.61. The Labute approximate surface area is 127 Å². The number of rotatable bonds is 4. The molecule has 0 unspecified atom stereocenters. The summed E-state index contributed by atoms with van der Waals surface area (Å²) >= 11 is 3.20. The molecule has 21 heavy (non-hydrogen) atoms. The van der Waals surface area contributed by atoms with Gasteiger partial charge in [0.25, 0.3) is 5.91 Å². The molecule has 0 bridgehead atoms. The van der Waals surface area contributed by atoms with E-state index in [-0.39, 0.29) is 17.8 Å². The number of nitrogens with two attached hydrogens (primary N) is 1. The van der Waals surface area contributed by atoms with E-state index < -0.39 is 28.9 Å². The van der Waals surface area contributed by atoms with Crippen molar-refractivity contribution in [3.05, 3.63) is 63.4 Å². The average molecular weight is 359 g/mol. The fourth-order valence-corrected chi connectivity index (χ4v) is 2.15. The quantitative estimate of drug-likeness (QED) is 0.877. The largest absolute Gasteiger partial charge is 0.378 e. The lowest BCUT2D eigenvalue weighted by Crippen LogP contribution is -2.14. The van der Waals surface area contributed by atoms with Gasteiger partial charge in [-0.15, -0.1) is 0 Å². The Balaban J connectivity index is 2.25. The number of primary amides is 1. The van der Waals surface area contributed by atoms with Gasteiger partial charge in [-0.25, -0.2) is 13.2 Å². The molecule has 0 atom stereocenters. The Kier molecular flexibility index (Phi) is 4.52. The second-order valence-corrected chi connectivity index (χ2v) is 5.18. The van der Waals surface area contributed by atoms with Crippen LogP contribution < -0.4 is 11.1 Å². The van der Waals surface area contributed by atoms with E-state index >= 15 is 0 Å². The summed E-state index contributed by atoms with van der Waals surface area (Å²) in [6, 6.07) is 5.83. The standard InChI is InChI=1S/C14H10BrF3N2O/c15-8-1-2-10(16)7(3-8)6-20-13-4-9(14(19)21)11(17)5-12(13)18/h1-5,20H,6H2,(H2,19,21). The van der Waals surface area contributed by atoms with E-state index in [2.05, 4.69) is 21.2 Å². The SMILES string of the molecule is NC(=O)c1cc(NCc2cc(Br)ccc2F)c(F)cc1F. The molecule has 0 aromatic heterocycles. The Morgan fingerprint density at radius 3 is 2.48 bits per heavy atom. The van der Waals surface area contributed by atoms with Crippen molar-refractivity contribution in [2.24, 2.45) is 5.73 Å². The number of benzene rings is 2. The minimum absolute atomic E-state index is 0.0357. The Morgan fingerprint density at radius 2 is 1.81 bits per heavy atom. The van der Waals surface area contributed by atoms with Crippen LogP contribution in [0.2, 0.25) is 0 Å². The summed E-state index contributed by atoms with van der Waals surface area (Å²) in [5.74, 6) is -3.42. The lowest BCUT2D eigenvalue weighted by atomic mass is 10.1. The highest BCUT2D eigenvalue weighted by Gasteiger charge is 2.14. The number of nitrogens with one attached hydrogen (secondary N) is 1. The van der Waals surface area contributed by atoms with Crippen molar-refractivity contribution in [1.82, 2.24) is 0 Å². The average Bonchev–Trinajstić information content (AvgIpc) is 2.41. The number of hydrogen-bond acceptors (Lipinski definition) is 2. The molecular formula is C14H10BrF3N2O. The van der Waals surface area contributed by atoms with Crippen molar-refractivity contribution in [3.63, 3.8) is 0 Å². The first-order valence-corrected chi connectivity index (χ1v) is 6.64. The van der Waals surface area contributed by atoms with E-state index in [9.17, 15) is 18.0 Å². The topological polar surface area (TPSA) is 55.1 Å². The van der Waals surface area contributed by atoms with Crippen LogP contribution in [0.4, 0.5) is 18.9 Å². The van der Waals surface area contributed by atoms with Crippen LogP contribution in [0.5, 0.6) is 0 Å². The third-order valence-electron chi connectivity index (χ3n) is 2.80. The minimum Gasteiger partial charge on any atom is -0.378 e. The molecule has 0 spiro atoms. The summed E-state index contributed by atoms with van der Waals surface area (Å²) in [5.41, 5.74) is 4.70. The number of carbonyl (C=O) groups is 1. The molecule has 0 aliphatic carbocycles. The van der Waals surface area contributed by atoms with Gasteiger partial charge in [-0.05, 0) is 24.3 Å². The Bertz CT molecular complexity index is 707. The second-order valence-electron chi connectivity index (χ2n) is 4.27. The van der Waals surface area contributed by atoms with Gasteiger partial charge in [0, 0.05) is 22.6 Å². The van der Waals surface area contributed by atoms with Gasteiger partial charge in [-0.3, -0.25) is 4.79 Å². The molecule has 0 aliphatic heterocycles. The van der Waals surface area contributed by atoms with Gasteiger partial charge >= 0.3 is 0 Å². The monoisotopic (exact) mass is 358 g/mol. The third kappa shape index (κ3) is 3.55. The third-order valence-corrected chi connectivity index (χ3v) is 3.29. The van der Waals surface area contributed by atoms with Crippen molar-refractivity contribution in [1.29, 1.82) is 0 Å². The van der Waals surface area contributed by atoms with Crippen LogP contribution in [0.1, 0.15) is 15.9 Å². The normalized spacial score (nSPS) is 10.5. The van der Waals surface area contributed by atoms with Crippen LogP contribution in [-0.4, -0.2) is 5.91 Å². The smallest absolute Gasteiger partial charge is 0.251 e. The van der Waals surface area contributed by atoms with Gasteiger partial charge in [0.05, 0.1) is 11.3 Å². The molecule has 0 saturated heterocycles. The minimum atomic E-state index is -1.04. The summed E-state index contributed by atoms with van der Waals surface area (Å²) < 4.78 is 41.2. The highest BCUT2D eigenvalue weighted by molar-refractivity contribution is 9.10. The number of carbonyl (C=O) groups excluding carboxylic acids is 1. The fraction of sp³-hybridized carbons (Fsp3) is 0.0714. The van der Waals surface area contributed by atoms with E-state index in [1.807, 2.05) is 0 Å². The molecule has 0 aliphatic rings. The number of amides is 1. The van der Waals surface area contributed by atoms with Crippen LogP contribution in [0, 0.1) is 17.5 Å². The predicted octanol–water partition coefficient (Wildman–Crippen LogP) is 3.58. The zero-order chi connectivity index (χ0) is 15.6. The van der Waals surface area contributed by atoms with E-state index in [0.29, 0.717) is 10.5 Å². The lowest BCUT2D eigenvalue weighted by Gasteiger charge is -2.10. The number of hydrogen-bond donors (Lipinski definition) is 2. The molecule has 0 radical (unpaired) electrons. The molecular weight excluding hydrogens is 349 g/mol. The van der Waals surface area contributed by atoms with Crippen LogP contribution in [0.15, 0.2) is 34.8 Å². The van der Waals surface area contributed by atoms with Crippen LogP contribution >= 0.6 is 15.9 Å². The fourth-order valence-electron chi connectivity index (χ4n) is 1.74. The van der Waals surface area contributed by atoms with Gasteiger partial charge in [-0.1, -0.05) is 15.9 Å². The lowest BCUT2D eigenvalue weighted by molar-refractivity contribution is 0.0996. The van der Waals surface area contributed by atoms with Gasteiger partial charge in [-0.2, -0.15) is 0 Å². The maximum absolute atomic E-state index is 13.6. The summed E-state index contributed by atoms with van der Waals surface area (Å²) in [7, 11) is 0. The number of halogens is 4. The molecule has 0 fully saturated rings. The highest BCUT2D eigenvalue weighted by atomic mass is 79.9. The van der Waals surface area contributed by atoms with Crippen LogP contribution in [0.25, 0.3) is 0 Å². The van der Waals surface area contributed by atoms with Crippen molar-refractivity contribution < 1.29 is 18.0 Å². The van der Waals surface area contributed by atoms with Gasteiger partial charge < -0.3 is 11.1 Å².